The van der Waals surface area contributed by atoms with Crippen LogP contribution in [-0.4, -0.2) is 17.9 Å². The summed E-state index contributed by atoms with van der Waals surface area (Å²) in [7, 11) is 0. The summed E-state index contributed by atoms with van der Waals surface area (Å²) >= 11 is 0. The zero-order chi connectivity index (χ0) is 10.6. The van der Waals surface area contributed by atoms with Crippen molar-refractivity contribution in [3.05, 3.63) is 0 Å². The van der Waals surface area contributed by atoms with Gasteiger partial charge in [-0.05, 0) is 6.92 Å². The van der Waals surface area contributed by atoms with Gasteiger partial charge in [-0.3, -0.25) is 4.79 Å². The van der Waals surface area contributed by atoms with Crippen molar-refractivity contribution >= 4 is 17.9 Å². The normalized spacial score (nSPS) is 6.00. The summed E-state index contributed by atoms with van der Waals surface area (Å²) in [6.07, 6.45) is 1.50. The van der Waals surface area contributed by atoms with Crippen molar-refractivity contribution in [2.24, 2.45) is 5.92 Å². The Morgan fingerprint density at radius 1 is 1.17 bits per heavy atom. The minimum atomic E-state index is 0.213. The van der Waals surface area contributed by atoms with Crippen LogP contribution in [0.15, 0.2) is 0 Å². The van der Waals surface area contributed by atoms with Gasteiger partial charge in [0, 0.05) is 5.92 Å². The van der Waals surface area contributed by atoms with Crippen molar-refractivity contribution < 1.29 is 14.4 Å². The van der Waals surface area contributed by atoms with Gasteiger partial charge in [-0.1, -0.05) is 13.8 Å². The molecule has 0 spiro atoms. The van der Waals surface area contributed by atoms with Crippen LogP contribution < -0.4 is 0 Å². The minimum Gasteiger partial charge on any atom is -0.300 e. The van der Waals surface area contributed by atoms with Crippen LogP contribution in [0.2, 0.25) is 0 Å². The van der Waals surface area contributed by atoms with Gasteiger partial charge in [0.25, 0.3) is 0 Å². The number of carbonyl (C=O) groups is 1. The number of carbonyl (C=O) groups excluding carboxylic acids is 3. The number of nitrogens with one attached hydrogen (secondary N) is 2. The molecule has 0 fully saturated rings. The molecule has 0 amide bonds. The van der Waals surface area contributed by atoms with Crippen LogP contribution in [0.1, 0.15) is 20.8 Å². The van der Waals surface area contributed by atoms with E-state index in [-0.39, 0.29) is 11.7 Å². The monoisotopic (exact) mass is 172 g/mol. The largest absolute Gasteiger partial charge is 0.300 e. The molecule has 0 aromatic carbocycles. The van der Waals surface area contributed by atoms with Gasteiger partial charge in [0.05, 0.1) is 0 Å². The number of Topliss-reactive ketones (excluding diaryl/α,β-unsaturated/α-hetero) is 1. The number of hydrogen-bond acceptors (Lipinski definition) is 5. The molecule has 5 nitrogen and oxygen atoms in total. The summed E-state index contributed by atoms with van der Waals surface area (Å²) < 4.78 is 0. The molecule has 0 bridgehead atoms. The third kappa shape index (κ3) is 78.8. The second-order valence-corrected chi connectivity index (χ2v) is 1.97. The van der Waals surface area contributed by atoms with Gasteiger partial charge < -0.3 is 0 Å². The highest BCUT2D eigenvalue weighted by Gasteiger charge is 1.94. The van der Waals surface area contributed by atoms with Crippen LogP contribution in [0.4, 0.5) is 0 Å². The molecule has 12 heavy (non-hydrogen) atoms. The fourth-order valence-electron chi connectivity index (χ4n) is 0. The van der Waals surface area contributed by atoms with Crippen LogP contribution in [0.3, 0.4) is 0 Å². The van der Waals surface area contributed by atoms with E-state index in [0.717, 1.165) is 12.2 Å². The van der Waals surface area contributed by atoms with Crippen molar-refractivity contribution in [3.8, 4) is 0 Å². The second-order valence-electron chi connectivity index (χ2n) is 1.97. The van der Waals surface area contributed by atoms with E-state index in [2.05, 4.69) is 0 Å². The Kier molecular flexibility index (Phi) is 22.7. The summed E-state index contributed by atoms with van der Waals surface area (Å²) in [4.78, 5) is 26.8. The summed E-state index contributed by atoms with van der Waals surface area (Å²) in [6.45, 7) is 5.38. The lowest BCUT2D eigenvalue weighted by molar-refractivity contribution is -0.119. The molecule has 0 atom stereocenters. The van der Waals surface area contributed by atoms with E-state index in [1.165, 1.54) is 0 Å². The molecular weight excluding hydrogens is 160 g/mol. The predicted octanol–water partition coefficient (Wildman–Crippen LogP) is 1.03. The second kappa shape index (κ2) is 16.2. The SMILES string of the molecule is CC(=O)C(C)C.N=C=O.N=C=O. The fourth-order valence-corrected chi connectivity index (χ4v) is 0. The van der Waals surface area contributed by atoms with Crippen LogP contribution in [0.25, 0.3) is 0 Å². The highest BCUT2D eigenvalue weighted by molar-refractivity contribution is 5.77. The Balaban J connectivity index is -0.000000115. The van der Waals surface area contributed by atoms with Crippen molar-refractivity contribution in [2.75, 3.05) is 0 Å². The van der Waals surface area contributed by atoms with Gasteiger partial charge in [0.1, 0.15) is 5.78 Å². The molecule has 0 rings (SSSR count). The third-order valence-electron chi connectivity index (χ3n) is 0.813. The van der Waals surface area contributed by atoms with Crippen LogP contribution in [0.5, 0.6) is 0 Å². The van der Waals surface area contributed by atoms with Crippen LogP contribution >= 0.6 is 0 Å². The average molecular weight is 172 g/mol. The van der Waals surface area contributed by atoms with E-state index in [1.54, 1.807) is 6.92 Å². The first kappa shape index (κ1) is 16.8. The lowest BCUT2D eigenvalue weighted by atomic mass is 10.1. The molecule has 0 saturated heterocycles. The smallest absolute Gasteiger partial charge is 0.231 e. The highest BCUT2D eigenvalue weighted by Crippen LogP contribution is 1.89. The van der Waals surface area contributed by atoms with E-state index in [1.807, 2.05) is 13.8 Å². The molecule has 0 aliphatic rings. The minimum absolute atomic E-state index is 0.213. The first-order chi connectivity index (χ1) is 5.47. The van der Waals surface area contributed by atoms with Crippen molar-refractivity contribution in [2.45, 2.75) is 20.8 Å². The molecule has 0 aromatic heterocycles. The third-order valence-corrected chi connectivity index (χ3v) is 0.813. The topological polar surface area (TPSA) is 98.9 Å². The standard InChI is InChI=1S/C5H10O.2CHNO/c1-4(2)5(3)6;2*2-1-3/h4H,1-3H3;2*2H. The summed E-state index contributed by atoms with van der Waals surface area (Å²) in [5.74, 6) is 0.472. The molecule has 68 valence electrons. The van der Waals surface area contributed by atoms with Crippen molar-refractivity contribution in [3.63, 3.8) is 0 Å². The molecular formula is C7H12N2O3. The predicted molar refractivity (Wildman–Crippen MR) is 42.3 cm³/mol. The molecule has 0 aromatic rings. The molecule has 0 heterocycles. The van der Waals surface area contributed by atoms with Gasteiger partial charge in [0.2, 0.25) is 12.2 Å². The Morgan fingerprint density at radius 2 is 1.25 bits per heavy atom. The van der Waals surface area contributed by atoms with Crippen molar-refractivity contribution in [1.29, 1.82) is 10.8 Å². The Labute approximate surface area is 70.8 Å². The number of isocyanates is 2. The first-order valence-corrected chi connectivity index (χ1v) is 3.06. The molecule has 0 saturated carbocycles. The first-order valence-electron chi connectivity index (χ1n) is 3.06. The Hall–Kier alpha value is -1.57. The summed E-state index contributed by atoms with van der Waals surface area (Å²) in [5.41, 5.74) is 0. The maximum Gasteiger partial charge on any atom is 0.231 e. The van der Waals surface area contributed by atoms with Crippen LogP contribution in [0, 0.1) is 16.7 Å². The molecule has 0 aliphatic carbocycles. The summed E-state index contributed by atoms with van der Waals surface area (Å²) in [5, 5.41) is 10.8. The van der Waals surface area contributed by atoms with E-state index < -0.39 is 0 Å². The van der Waals surface area contributed by atoms with Crippen molar-refractivity contribution in [1.82, 2.24) is 0 Å². The van der Waals surface area contributed by atoms with Crippen LogP contribution in [-0.2, 0) is 14.4 Å². The number of rotatable bonds is 1. The molecule has 5 heteroatoms. The highest BCUT2D eigenvalue weighted by atomic mass is 16.1. The van der Waals surface area contributed by atoms with Gasteiger partial charge in [-0.25, -0.2) is 20.4 Å². The number of hydrogen-bond donors (Lipinski definition) is 2. The van der Waals surface area contributed by atoms with Gasteiger partial charge in [-0.15, -0.1) is 0 Å². The van der Waals surface area contributed by atoms with E-state index in [0.29, 0.717) is 0 Å². The summed E-state index contributed by atoms with van der Waals surface area (Å²) in [6, 6.07) is 0. The number of ketones is 1. The lowest BCUT2D eigenvalue weighted by Gasteiger charge is -1.90. The zero-order valence-corrected chi connectivity index (χ0v) is 7.30. The molecule has 2 N–H and O–H groups in total. The molecule has 0 radical (unpaired) electrons. The lowest BCUT2D eigenvalue weighted by Crippen LogP contribution is -1.98. The van der Waals surface area contributed by atoms with Gasteiger partial charge >= 0.3 is 0 Å². The maximum atomic E-state index is 10.1. The van der Waals surface area contributed by atoms with E-state index >= 15 is 0 Å². The molecule has 0 unspecified atom stereocenters. The van der Waals surface area contributed by atoms with E-state index in [4.69, 9.17) is 20.4 Å². The quantitative estimate of drug-likeness (QED) is 0.456. The maximum absolute atomic E-state index is 10.1. The Morgan fingerprint density at radius 3 is 1.25 bits per heavy atom. The molecule has 0 aliphatic heterocycles. The Bertz CT molecular complexity index is 163. The average Bonchev–Trinajstić information content (AvgIpc) is 1.90. The van der Waals surface area contributed by atoms with Gasteiger partial charge in [0.15, 0.2) is 0 Å². The van der Waals surface area contributed by atoms with E-state index in [9.17, 15) is 4.79 Å². The van der Waals surface area contributed by atoms with Gasteiger partial charge in [-0.2, -0.15) is 0 Å². The zero-order valence-electron chi connectivity index (χ0n) is 7.30. The fraction of sp³-hybridized carbons (Fsp3) is 0.571.